The summed E-state index contributed by atoms with van der Waals surface area (Å²) < 4.78 is 31.7. The SMILES string of the molecule is COc1ccc(NS(=O)(=O)c2cnc(Cl)c(Cl)c2)cc1. The molecule has 0 aliphatic rings. The molecule has 0 radical (unpaired) electrons. The van der Waals surface area contributed by atoms with E-state index in [1.165, 1.54) is 13.2 Å². The second kappa shape index (κ2) is 5.87. The molecule has 2 rings (SSSR count). The number of benzene rings is 1. The van der Waals surface area contributed by atoms with Gasteiger partial charge in [-0.25, -0.2) is 13.4 Å². The minimum atomic E-state index is -3.77. The largest absolute Gasteiger partial charge is 0.497 e. The molecule has 8 heteroatoms. The summed E-state index contributed by atoms with van der Waals surface area (Å²) in [5.41, 5.74) is 0.400. The highest BCUT2D eigenvalue weighted by Crippen LogP contribution is 2.24. The molecule has 0 unspecified atom stereocenters. The van der Waals surface area contributed by atoms with Crippen LogP contribution in [0.3, 0.4) is 0 Å². The smallest absolute Gasteiger partial charge is 0.263 e. The van der Waals surface area contributed by atoms with E-state index in [2.05, 4.69) is 9.71 Å². The van der Waals surface area contributed by atoms with Gasteiger partial charge in [-0.2, -0.15) is 0 Å². The molecule has 0 saturated carbocycles. The van der Waals surface area contributed by atoms with Gasteiger partial charge in [0.25, 0.3) is 10.0 Å². The summed E-state index contributed by atoms with van der Waals surface area (Å²) in [7, 11) is -2.24. The quantitative estimate of drug-likeness (QED) is 0.873. The molecule has 0 aliphatic carbocycles. The van der Waals surface area contributed by atoms with Crippen molar-refractivity contribution in [1.82, 2.24) is 4.98 Å². The van der Waals surface area contributed by atoms with Crippen molar-refractivity contribution in [3.63, 3.8) is 0 Å². The van der Waals surface area contributed by atoms with Crippen LogP contribution in [0.2, 0.25) is 10.2 Å². The Labute approximate surface area is 126 Å². The van der Waals surface area contributed by atoms with Crippen molar-refractivity contribution in [2.24, 2.45) is 0 Å². The van der Waals surface area contributed by atoms with Gasteiger partial charge < -0.3 is 4.74 Å². The number of anilines is 1. The van der Waals surface area contributed by atoms with E-state index in [0.717, 1.165) is 6.20 Å². The Hall–Kier alpha value is -1.50. The van der Waals surface area contributed by atoms with Gasteiger partial charge in [0.1, 0.15) is 15.8 Å². The van der Waals surface area contributed by atoms with Gasteiger partial charge >= 0.3 is 0 Å². The molecule has 1 aromatic carbocycles. The molecule has 1 aromatic heterocycles. The third-order valence-corrected chi connectivity index (χ3v) is 4.46. The van der Waals surface area contributed by atoms with Gasteiger partial charge in [0.15, 0.2) is 0 Å². The number of sulfonamides is 1. The molecular weight excluding hydrogens is 323 g/mol. The summed E-state index contributed by atoms with van der Waals surface area (Å²) in [4.78, 5) is 3.64. The zero-order valence-corrected chi connectivity index (χ0v) is 12.6. The summed E-state index contributed by atoms with van der Waals surface area (Å²) in [5, 5.41) is 0.124. The van der Waals surface area contributed by atoms with Crippen LogP contribution in [0.1, 0.15) is 0 Å². The Morgan fingerprint density at radius 1 is 1.20 bits per heavy atom. The number of methoxy groups -OCH3 is 1. The highest BCUT2D eigenvalue weighted by molar-refractivity contribution is 7.92. The maximum absolute atomic E-state index is 12.1. The van der Waals surface area contributed by atoms with E-state index in [-0.39, 0.29) is 15.1 Å². The monoisotopic (exact) mass is 332 g/mol. The summed E-state index contributed by atoms with van der Waals surface area (Å²) in [5.74, 6) is 0.629. The number of rotatable bonds is 4. The third-order valence-electron chi connectivity index (χ3n) is 2.42. The van der Waals surface area contributed by atoms with E-state index in [4.69, 9.17) is 27.9 Å². The summed E-state index contributed by atoms with van der Waals surface area (Å²) in [6.07, 6.45) is 1.14. The fourth-order valence-corrected chi connectivity index (χ4v) is 2.79. The minimum absolute atomic E-state index is 0.0510. The third kappa shape index (κ3) is 3.33. The number of hydrogen-bond acceptors (Lipinski definition) is 4. The fourth-order valence-electron chi connectivity index (χ4n) is 1.42. The second-order valence-corrected chi connectivity index (χ2v) is 6.23. The lowest BCUT2D eigenvalue weighted by molar-refractivity contribution is 0.415. The molecule has 0 atom stereocenters. The van der Waals surface area contributed by atoms with Crippen molar-refractivity contribution in [2.45, 2.75) is 4.90 Å². The van der Waals surface area contributed by atoms with E-state index in [1.807, 2.05) is 0 Å². The summed E-state index contributed by atoms with van der Waals surface area (Å²) >= 11 is 11.4. The topological polar surface area (TPSA) is 68.3 Å². The highest BCUT2D eigenvalue weighted by atomic mass is 35.5. The Morgan fingerprint density at radius 3 is 2.40 bits per heavy atom. The van der Waals surface area contributed by atoms with Gasteiger partial charge in [0.2, 0.25) is 0 Å². The van der Waals surface area contributed by atoms with Gasteiger partial charge in [-0.3, -0.25) is 4.72 Å². The average Bonchev–Trinajstić information content (AvgIpc) is 2.42. The molecule has 0 fully saturated rings. The molecule has 106 valence electrons. The first-order valence-electron chi connectivity index (χ1n) is 5.40. The van der Waals surface area contributed by atoms with Crippen LogP contribution in [-0.2, 0) is 10.0 Å². The normalized spacial score (nSPS) is 11.2. The van der Waals surface area contributed by atoms with Gasteiger partial charge in [-0.15, -0.1) is 0 Å². The first-order chi connectivity index (χ1) is 9.42. The molecule has 0 saturated heterocycles. The van der Waals surface area contributed by atoms with Crippen LogP contribution in [0.15, 0.2) is 41.4 Å². The molecule has 5 nitrogen and oxygen atoms in total. The lowest BCUT2D eigenvalue weighted by Crippen LogP contribution is -2.13. The fraction of sp³-hybridized carbons (Fsp3) is 0.0833. The van der Waals surface area contributed by atoms with E-state index >= 15 is 0 Å². The Bertz CT molecular complexity index is 718. The van der Waals surface area contributed by atoms with Crippen LogP contribution in [0.25, 0.3) is 0 Å². The van der Waals surface area contributed by atoms with Crippen molar-refractivity contribution < 1.29 is 13.2 Å². The Balaban J connectivity index is 2.27. The second-order valence-electron chi connectivity index (χ2n) is 3.78. The van der Waals surface area contributed by atoms with Gasteiger partial charge in [0.05, 0.1) is 12.1 Å². The van der Waals surface area contributed by atoms with Crippen molar-refractivity contribution >= 4 is 38.9 Å². The summed E-state index contributed by atoms with van der Waals surface area (Å²) in [6.45, 7) is 0. The molecular formula is C12H10Cl2N2O3S. The van der Waals surface area contributed by atoms with E-state index in [9.17, 15) is 8.42 Å². The number of nitrogens with zero attached hydrogens (tertiary/aromatic N) is 1. The molecule has 0 amide bonds. The number of ether oxygens (including phenoxy) is 1. The van der Waals surface area contributed by atoms with Crippen LogP contribution < -0.4 is 9.46 Å². The highest BCUT2D eigenvalue weighted by Gasteiger charge is 2.16. The zero-order valence-electron chi connectivity index (χ0n) is 10.3. The van der Waals surface area contributed by atoms with Gasteiger partial charge in [-0.05, 0) is 30.3 Å². The van der Waals surface area contributed by atoms with Crippen molar-refractivity contribution in [3.05, 3.63) is 46.7 Å². The molecule has 0 aliphatic heterocycles. The number of nitrogens with one attached hydrogen (secondary N) is 1. The van der Waals surface area contributed by atoms with Crippen molar-refractivity contribution in [1.29, 1.82) is 0 Å². The number of hydrogen-bond donors (Lipinski definition) is 1. The van der Waals surface area contributed by atoms with E-state index in [1.54, 1.807) is 24.3 Å². The lowest BCUT2D eigenvalue weighted by Gasteiger charge is -2.09. The van der Waals surface area contributed by atoms with Crippen LogP contribution in [-0.4, -0.2) is 20.5 Å². The van der Waals surface area contributed by atoms with Crippen LogP contribution in [0, 0.1) is 0 Å². The van der Waals surface area contributed by atoms with Crippen molar-refractivity contribution in [2.75, 3.05) is 11.8 Å². The average molecular weight is 333 g/mol. The number of aromatic nitrogens is 1. The molecule has 2 aromatic rings. The number of halogens is 2. The lowest BCUT2D eigenvalue weighted by atomic mass is 10.3. The molecule has 1 N–H and O–H groups in total. The number of pyridine rings is 1. The predicted molar refractivity (Wildman–Crippen MR) is 78.1 cm³/mol. The van der Waals surface area contributed by atoms with E-state index < -0.39 is 10.0 Å². The standard InChI is InChI=1S/C12H10Cl2N2O3S/c1-19-9-4-2-8(3-5-9)16-20(17,18)10-6-11(13)12(14)15-7-10/h2-7,16H,1H3. The predicted octanol–water partition coefficient (Wildman–Crippen LogP) is 3.20. The zero-order chi connectivity index (χ0) is 14.8. The molecule has 1 heterocycles. The van der Waals surface area contributed by atoms with Crippen LogP contribution in [0.4, 0.5) is 5.69 Å². The Morgan fingerprint density at radius 2 is 1.85 bits per heavy atom. The van der Waals surface area contributed by atoms with Crippen molar-refractivity contribution in [3.8, 4) is 5.75 Å². The maximum Gasteiger partial charge on any atom is 0.263 e. The molecule has 0 bridgehead atoms. The minimum Gasteiger partial charge on any atom is -0.497 e. The van der Waals surface area contributed by atoms with Crippen LogP contribution in [0.5, 0.6) is 5.75 Å². The van der Waals surface area contributed by atoms with Gasteiger partial charge in [0, 0.05) is 11.9 Å². The van der Waals surface area contributed by atoms with Gasteiger partial charge in [-0.1, -0.05) is 23.2 Å². The van der Waals surface area contributed by atoms with Crippen LogP contribution >= 0.6 is 23.2 Å². The first kappa shape index (κ1) is 14.9. The molecule has 20 heavy (non-hydrogen) atoms. The first-order valence-corrected chi connectivity index (χ1v) is 7.64. The Kier molecular flexibility index (Phi) is 4.37. The van der Waals surface area contributed by atoms with E-state index in [0.29, 0.717) is 11.4 Å². The summed E-state index contributed by atoms with van der Waals surface area (Å²) in [6, 6.07) is 7.70. The maximum atomic E-state index is 12.1. The molecule has 0 spiro atoms.